The molecular formula is C35H42N2O4. The molecule has 216 valence electrons. The van der Waals surface area contributed by atoms with Crippen LogP contribution in [0.25, 0.3) is 11.1 Å². The smallest absolute Gasteiger partial charge is 0.217 e. The van der Waals surface area contributed by atoms with Crippen molar-refractivity contribution in [2.45, 2.75) is 76.7 Å². The summed E-state index contributed by atoms with van der Waals surface area (Å²) in [4.78, 5) is 13.9. The predicted molar refractivity (Wildman–Crippen MR) is 162 cm³/mol. The van der Waals surface area contributed by atoms with E-state index >= 15 is 0 Å². The summed E-state index contributed by atoms with van der Waals surface area (Å²) in [6.45, 7) is 7.77. The summed E-state index contributed by atoms with van der Waals surface area (Å²) < 4.78 is 13.3. The molecule has 1 saturated heterocycles. The highest BCUT2D eigenvalue weighted by atomic mass is 16.7. The first kappa shape index (κ1) is 29.2. The molecule has 1 aliphatic carbocycles. The van der Waals surface area contributed by atoms with E-state index in [2.05, 4.69) is 65.3 Å². The number of carbonyl (C=O) groups is 1. The molecule has 2 N–H and O–H groups in total. The first-order valence-corrected chi connectivity index (χ1v) is 14.8. The fraction of sp³-hybridized carbons (Fsp3) is 0.400. The summed E-state index contributed by atoms with van der Waals surface area (Å²) in [6.07, 6.45) is 7.18. The molecule has 5 rings (SSSR count). The van der Waals surface area contributed by atoms with Crippen LogP contribution in [0, 0.1) is 0 Å². The number of aliphatic hydroxyl groups excluding tert-OH is 1. The van der Waals surface area contributed by atoms with Gasteiger partial charge in [0.25, 0.3) is 0 Å². The quantitative estimate of drug-likeness (QED) is 0.266. The minimum Gasteiger partial charge on any atom is -0.392 e. The fourth-order valence-electron chi connectivity index (χ4n) is 6.05. The van der Waals surface area contributed by atoms with Gasteiger partial charge in [0.05, 0.1) is 18.8 Å². The highest BCUT2D eigenvalue weighted by Gasteiger charge is 2.34. The van der Waals surface area contributed by atoms with Crippen molar-refractivity contribution in [2.75, 3.05) is 13.1 Å². The first-order valence-electron chi connectivity index (χ1n) is 14.8. The third kappa shape index (κ3) is 7.72. The Hall–Kier alpha value is -3.29. The number of nitrogens with one attached hydrogen (secondary N) is 1. The normalized spacial score (nSPS) is 21.2. The number of nitrogens with zero attached hydrogens (tertiary/aromatic N) is 1. The minimum atomic E-state index is -0.507. The van der Waals surface area contributed by atoms with Crippen LogP contribution in [0.1, 0.15) is 73.7 Å². The molecule has 0 aromatic heterocycles. The Balaban J connectivity index is 1.40. The molecule has 3 aromatic rings. The standard InChI is InChI=1S/C35H42N2O4/c1-3-18-37(32-12-4-5-13-32)23-33-21-34(28-16-14-26(24-38)15-17-28)41-35(40-33)31-11-7-10-30(20-31)29-9-6-8-27(19-29)22-36-25(2)39/h3,6-11,14-17,19-20,32-35,38H,1,4-5,12-13,18,21-24H2,2H3,(H,36,39). The van der Waals surface area contributed by atoms with Crippen LogP contribution in [0.3, 0.4) is 0 Å². The summed E-state index contributed by atoms with van der Waals surface area (Å²) >= 11 is 0. The summed E-state index contributed by atoms with van der Waals surface area (Å²) in [5, 5.41) is 12.4. The molecule has 41 heavy (non-hydrogen) atoms. The second-order valence-electron chi connectivity index (χ2n) is 11.3. The van der Waals surface area contributed by atoms with Crippen LogP contribution in [0.2, 0.25) is 0 Å². The molecule has 2 fully saturated rings. The van der Waals surface area contributed by atoms with Crippen LogP contribution in [0.15, 0.2) is 85.5 Å². The predicted octanol–water partition coefficient (Wildman–Crippen LogP) is 6.46. The van der Waals surface area contributed by atoms with Crippen molar-refractivity contribution in [1.29, 1.82) is 0 Å². The zero-order valence-electron chi connectivity index (χ0n) is 24.0. The number of benzene rings is 3. The summed E-state index contributed by atoms with van der Waals surface area (Å²) in [5.74, 6) is -0.0429. The summed E-state index contributed by atoms with van der Waals surface area (Å²) in [7, 11) is 0. The number of carbonyl (C=O) groups excluding carboxylic acids is 1. The van der Waals surface area contributed by atoms with Gasteiger partial charge < -0.3 is 19.9 Å². The maximum Gasteiger partial charge on any atom is 0.217 e. The molecule has 6 heteroatoms. The summed E-state index contributed by atoms with van der Waals surface area (Å²) in [6, 6.07) is 25.2. The monoisotopic (exact) mass is 554 g/mol. The Morgan fingerprint density at radius 2 is 1.71 bits per heavy atom. The third-order valence-electron chi connectivity index (χ3n) is 8.22. The van der Waals surface area contributed by atoms with E-state index in [1.54, 1.807) is 0 Å². The molecule has 1 aliphatic heterocycles. The van der Waals surface area contributed by atoms with Crippen molar-refractivity contribution >= 4 is 5.91 Å². The Bertz CT molecular complexity index is 1300. The second-order valence-corrected chi connectivity index (χ2v) is 11.3. The lowest BCUT2D eigenvalue weighted by Crippen LogP contribution is -2.43. The lowest BCUT2D eigenvalue weighted by molar-refractivity contribution is -0.253. The third-order valence-corrected chi connectivity index (χ3v) is 8.22. The van der Waals surface area contributed by atoms with Crippen molar-refractivity contribution < 1.29 is 19.4 Å². The van der Waals surface area contributed by atoms with Gasteiger partial charge in [0, 0.05) is 44.6 Å². The zero-order valence-corrected chi connectivity index (χ0v) is 24.0. The Morgan fingerprint density at radius 3 is 2.41 bits per heavy atom. The molecular weight excluding hydrogens is 512 g/mol. The van der Waals surface area contributed by atoms with E-state index in [1.807, 2.05) is 30.3 Å². The molecule has 0 radical (unpaired) electrons. The van der Waals surface area contributed by atoms with E-state index in [4.69, 9.17) is 9.47 Å². The minimum absolute atomic E-state index is 0.00135. The van der Waals surface area contributed by atoms with Gasteiger partial charge in [0.1, 0.15) is 0 Å². The molecule has 6 nitrogen and oxygen atoms in total. The van der Waals surface area contributed by atoms with Gasteiger partial charge in [-0.1, -0.05) is 79.6 Å². The van der Waals surface area contributed by atoms with Crippen molar-refractivity contribution in [3.05, 3.63) is 108 Å². The van der Waals surface area contributed by atoms with Gasteiger partial charge in [-0.25, -0.2) is 0 Å². The average Bonchev–Trinajstić information content (AvgIpc) is 3.55. The maximum absolute atomic E-state index is 11.4. The highest BCUT2D eigenvalue weighted by Crippen LogP contribution is 2.39. The molecule has 3 unspecified atom stereocenters. The van der Waals surface area contributed by atoms with Crippen LogP contribution in [0.4, 0.5) is 0 Å². The van der Waals surface area contributed by atoms with Gasteiger partial charge >= 0.3 is 0 Å². The van der Waals surface area contributed by atoms with Gasteiger partial charge in [0.2, 0.25) is 5.91 Å². The van der Waals surface area contributed by atoms with E-state index in [0.29, 0.717) is 12.6 Å². The lowest BCUT2D eigenvalue weighted by Gasteiger charge is -2.39. The average molecular weight is 555 g/mol. The number of amides is 1. The summed E-state index contributed by atoms with van der Waals surface area (Å²) in [5.41, 5.74) is 6.17. The van der Waals surface area contributed by atoms with Crippen molar-refractivity contribution in [2.24, 2.45) is 0 Å². The van der Waals surface area contributed by atoms with Gasteiger partial charge in [-0.2, -0.15) is 0 Å². The number of aliphatic hydroxyl groups is 1. The Morgan fingerprint density at radius 1 is 0.976 bits per heavy atom. The topological polar surface area (TPSA) is 71.0 Å². The molecule has 1 amide bonds. The van der Waals surface area contributed by atoms with Gasteiger partial charge in [-0.3, -0.25) is 9.69 Å². The molecule has 3 aromatic carbocycles. The maximum atomic E-state index is 11.4. The van der Waals surface area contributed by atoms with Crippen molar-refractivity contribution in [3.63, 3.8) is 0 Å². The molecule has 0 spiro atoms. The lowest BCUT2D eigenvalue weighted by atomic mass is 9.98. The van der Waals surface area contributed by atoms with Crippen LogP contribution in [-0.4, -0.2) is 41.1 Å². The van der Waals surface area contributed by atoms with E-state index in [1.165, 1.54) is 32.6 Å². The SMILES string of the molecule is C=CCN(CC1CC(c2ccc(CO)cc2)OC(c2cccc(-c3cccc(CNC(C)=O)c3)c2)O1)C1CCCC1. The van der Waals surface area contributed by atoms with Crippen molar-refractivity contribution in [1.82, 2.24) is 10.2 Å². The van der Waals surface area contributed by atoms with E-state index in [9.17, 15) is 9.90 Å². The van der Waals surface area contributed by atoms with Crippen molar-refractivity contribution in [3.8, 4) is 11.1 Å². The molecule has 1 heterocycles. The van der Waals surface area contributed by atoms with Crippen LogP contribution >= 0.6 is 0 Å². The largest absolute Gasteiger partial charge is 0.392 e. The number of hydrogen-bond donors (Lipinski definition) is 2. The van der Waals surface area contributed by atoms with E-state index in [0.717, 1.165) is 52.9 Å². The number of rotatable bonds is 11. The van der Waals surface area contributed by atoms with Gasteiger partial charge in [-0.15, -0.1) is 6.58 Å². The van der Waals surface area contributed by atoms with E-state index in [-0.39, 0.29) is 24.7 Å². The molecule has 1 saturated carbocycles. The van der Waals surface area contributed by atoms with Gasteiger partial charge in [0.15, 0.2) is 6.29 Å². The second kappa shape index (κ2) is 14.1. The fourth-order valence-corrected chi connectivity index (χ4v) is 6.05. The molecule has 0 bridgehead atoms. The van der Waals surface area contributed by atoms with Crippen LogP contribution < -0.4 is 5.32 Å². The van der Waals surface area contributed by atoms with Crippen LogP contribution in [-0.2, 0) is 27.4 Å². The van der Waals surface area contributed by atoms with Gasteiger partial charge in [-0.05, 0) is 52.8 Å². The first-order chi connectivity index (χ1) is 20.0. The zero-order chi connectivity index (χ0) is 28.6. The molecule has 3 atom stereocenters. The molecule has 2 aliphatic rings. The highest BCUT2D eigenvalue weighted by molar-refractivity contribution is 5.73. The number of ether oxygens (including phenoxy) is 2. The Kier molecular flexibility index (Phi) is 10.0. The van der Waals surface area contributed by atoms with E-state index < -0.39 is 6.29 Å². The van der Waals surface area contributed by atoms with Crippen LogP contribution in [0.5, 0.6) is 0 Å². The Labute approximate surface area is 244 Å². The number of hydrogen-bond acceptors (Lipinski definition) is 5.